The SMILES string of the molecule is CC(C)(O)c1ccc(N2CCNCC2)nc1C(F)(F)F. The Morgan fingerprint density at radius 3 is 2.30 bits per heavy atom. The highest BCUT2D eigenvalue weighted by molar-refractivity contribution is 5.44. The van der Waals surface area contributed by atoms with Gasteiger partial charge < -0.3 is 15.3 Å². The van der Waals surface area contributed by atoms with Crippen LogP contribution in [0.5, 0.6) is 0 Å². The Labute approximate surface area is 115 Å². The standard InChI is InChI=1S/C13H18F3N3O/c1-12(2,20)9-3-4-10(18-11(9)13(14,15)16)19-7-5-17-6-8-19/h3-4,17,20H,5-8H2,1-2H3. The molecule has 1 aliphatic rings. The molecule has 20 heavy (non-hydrogen) atoms. The summed E-state index contributed by atoms with van der Waals surface area (Å²) in [7, 11) is 0. The van der Waals surface area contributed by atoms with Gasteiger partial charge in [-0.05, 0) is 19.9 Å². The molecule has 2 rings (SSSR count). The van der Waals surface area contributed by atoms with Crippen LogP contribution in [0, 0.1) is 0 Å². The van der Waals surface area contributed by atoms with E-state index in [1.165, 1.54) is 26.0 Å². The van der Waals surface area contributed by atoms with Gasteiger partial charge in [-0.1, -0.05) is 6.07 Å². The fourth-order valence-corrected chi connectivity index (χ4v) is 2.23. The van der Waals surface area contributed by atoms with Crippen LogP contribution in [-0.2, 0) is 11.8 Å². The van der Waals surface area contributed by atoms with Crippen molar-refractivity contribution in [3.8, 4) is 0 Å². The van der Waals surface area contributed by atoms with Crippen molar-refractivity contribution in [2.45, 2.75) is 25.6 Å². The summed E-state index contributed by atoms with van der Waals surface area (Å²) < 4.78 is 39.4. The molecule has 0 aliphatic carbocycles. The predicted octanol–water partition coefficient (Wildman–Crippen LogP) is 1.74. The predicted molar refractivity (Wildman–Crippen MR) is 69.6 cm³/mol. The van der Waals surface area contributed by atoms with Crippen molar-refractivity contribution in [2.24, 2.45) is 0 Å². The monoisotopic (exact) mass is 289 g/mol. The number of pyridine rings is 1. The van der Waals surface area contributed by atoms with Crippen LogP contribution in [0.1, 0.15) is 25.1 Å². The van der Waals surface area contributed by atoms with Gasteiger partial charge in [0.15, 0.2) is 5.69 Å². The summed E-state index contributed by atoms with van der Waals surface area (Å²) in [5, 5.41) is 13.0. The molecule has 2 N–H and O–H groups in total. The number of hydrogen-bond donors (Lipinski definition) is 2. The second-order valence-corrected chi connectivity index (χ2v) is 5.36. The van der Waals surface area contributed by atoms with Gasteiger partial charge in [0.2, 0.25) is 0 Å². The van der Waals surface area contributed by atoms with Crippen molar-refractivity contribution in [1.82, 2.24) is 10.3 Å². The van der Waals surface area contributed by atoms with Crippen molar-refractivity contribution >= 4 is 5.82 Å². The lowest BCUT2D eigenvalue weighted by Gasteiger charge is -2.30. The maximum atomic E-state index is 13.1. The smallest absolute Gasteiger partial charge is 0.386 e. The molecule has 0 amide bonds. The molecule has 0 spiro atoms. The highest BCUT2D eigenvalue weighted by Gasteiger charge is 2.39. The minimum atomic E-state index is -4.58. The zero-order valence-corrected chi connectivity index (χ0v) is 11.5. The van der Waals surface area contributed by atoms with Crippen LogP contribution in [0.2, 0.25) is 0 Å². The highest BCUT2D eigenvalue weighted by Crippen LogP contribution is 2.36. The largest absolute Gasteiger partial charge is 0.433 e. The Kier molecular flexibility index (Phi) is 3.93. The Balaban J connectivity index is 2.43. The zero-order valence-electron chi connectivity index (χ0n) is 11.5. The molecular formula is C13H18F3N3O. The van der Waals surface area contributed by atoms with Crippen molar-refractivity contribution in [1.29, 1.82) is 0 Å². The third-order valence-electron chi connectivity index (χ3n) is 3.25. The van der Waals surface area contributed by atoms with E-state index in [1.54, 1.807) is 4.90 Å². The summed E-state index contributed by atoms with van der Waals surface area (Å²) in [5.74, 6) is 0.298. The molecule has 0 unspecified atom stereocenters. The quantitative estimate of drug-likeness (QED) is 0.870. The summed E-state index contributed by atoms with van der Waals surface area (Å²) in [5.41, 5.74) is -2.80. The van der Waals surface area contributed by atoms with Crippen LogP contribution < -0.4 is 10.2 Å². The maximum absolute atomic E-state index is 13.1. The second-order valence-electron chi connectivity index (χ2n) is 5.36. The third-order valence-corrected chi connectivity index (χ3v) is 3.25. The minimum absolute atomic E-state index is 0.205. The molecule has 1 aromatic rings. The number of piperazine rings is 1. The number of alkyl halides is 3. The average molecular weight is 289 g/mol. The lowest BCUT2D eigenvalue weighted by atomic mass is 9.96. The molecule has 1 saturated heterocycles. The van der Waals surface area contributed by atoms with E-state index in [-0.39, 0.29) is 5.56 Å². The summed E-state index contributed by atoms with van der Waals surface area (Å²) in [6.07, 6.45) is -4.58. The summed E-state index contributed by atoms with van der Waals surface area (Å²) >= 11 is 0. The molecule has 7 heteroatoms. The van der Waals surface area contributed by atoms with Gasteiger partial charge in [-0.2, -0.15) is 13.2 Å². The number of hydrogen-bond acceptors (Lipinski definition) is 4. The lowest BCUT2D eigenvalue weighted by Crippen LogP contribution is -2.44. The topological polar surface area (TPSA) is 48.4 Å². The van der Waals surface area contributed by atoms with Gasteiger partial charge in [-0.15, -0.1) is 0 Å². The van der Waals surface area contributed by atoms with Gasteiger partial charge in [0.05, 0.1) is 5.60 Å². The van der Waals surface area contributed by atoms with E-state index in [1.807, 2.05) is 0 Å². The number of rotatable bonds is 2. The average Bonchev–Trinajstić information content (AvgIpc) is 2.37. The molecule has 2 heterocycles. The van der Waals surface area contributed by atoms with E-state index in [4.69, 9.17) is 0 Å². The molecule has 1 fully saturated rings. The zero-order chi connectivity index (χ0) is 15.0. The molecule has 0 aromatic carbocycles. The fraction of sp³-hybridized carbons (Fsp3) is 0.615. The van der Waals surface area contributed by atoms with Crippen LogP contribution in [-0.4, -0.2) is 36.3 Å². The van der Waals surface area contributed by atoms with Crippen LogP contribution >= 0.6 is 0 Å². The van der Waals surface area contributed by atoms with E-state index >= 15 is 0 Å². The van der Waals surface area contributed by atoms with E-state index in [0.717, 1.165) is 13.1 Å². The third kappa shape index (κ3) is 3.21. The normalized spacial score (nSPS) is 17.4. The molecule has 1 aliphatic heterocycles. The molecule has 0 atom stereocenters. The first-order valence-corrected chi connectivity index (χ1v) is 6.46. The van der Waals surface area contributed by atoms with Gasteiger partial charge in [0.25, 0.3) is 0 Å². The Hall–Kier alpha value is -1.34. The van der Waals surface area contributed by atoms with Gasteiger partial charge in [0, 0.05) is 31.7 Å². The van der Waals surface area contributed by atoms with Crippen molar-refractivity contribution < 1.29 is 18.3 Å². The Morgan fingerprint density at radius 2 is 1.80 bits per heavy atom. The molecule has 0 saturated carbocycles. The lowest BCUT2D eigenvalue weighted by molar-refractivity contribution is -0.143. The maximum Gasteiger partial charge on any atom is 0.433 e. The Bertz CT molecular complexity index is 477. The van der Waals surface area contributed by atoms with Crippen molar-refractivity contribution in [2.75, 3.05) is 31.1 Å². The minimum Gasteiger partial charge on any atom is -0.386 e. The number of aromatic nitrogens is 1. The molecule has 4 nitrogen and oxygen atoms in total. The first-order chi connectivity index (χ1) is 9.19. The van der Waals surface area contributed by atoms with Gasteiger partial charge in [0.1, 0.15) is 5.82 Å². The number of aliphatic hydroxyl groups is 1. The Morgan fingerprint density at radius 1 is 1.20 bits per heavy atom. The molecule has 1 aromatic heterocycles. The van der Waals surface area contributed by atoms with Crippen molar-refractivity contribution in [3.63, 3.8) is 0 Å². The fourth-order valence-electron chi connectivity index (χ4n) is 2.23. The number of nitrogens with one attached hydrogen (secondary N) is 1. The summed E-state index contributed by atoms with van der Waals surface area (Å²) in [6, 6.07) is 2.85. The number of halogens is 3. The first kappa shape index (κ1) is 15.1. The number of anilines is 1. The van der Waals surface area contributed by atoms with Crippen LogP contribution in [0.25, 0.3) is 0 Å². The number of nitrogens with zero attached hydrogens (tertiary/aromatic N) is 2. The van der Waals surface area contributed by atoms with Crippen LogP contribution in [0.3, 0.4) is 0 Å². The van der Waals surface area contributed by atoms with Gasteiger partial charge in [-0.25, -0.2) is 4.98 Å². The van der Waals surface area contributed by atoms with Gasteiger partial charge in [-0.3, -0.25) is 0 Å². The van der Waals surface area contributed by atoms with E-state index in [2.05, 4.69) is 10.3 Å². The first-order valence-electron chi connectivity index (χ1n) is 6.46. The van der Waals surface area contributed by atoms with Gasteiger partial charge >= 0.3 is 6.18 Å². The van der Waals surface area contributed by atoms with E-state index in [0.29, 0.717) is 18.9 Å². The van der Waals surface area contributed by atoms with Crippen molar-refractivity contribution in [3.05, 3.63) is 23.4 Å². The molecule has 0 bridgehead atoms. The van der Waals surface area contributed by atoms with E-state index < -0.39 is 17.5 Å². The molecule has 112 valence electrons. The summed E-state index contributed by atoms with van der Waals surface area (Å²) in [4.78, 5) is 5.55. The highest BCUT2D eigenvalue weighted by atomic mass is 19.4. The second kappa shape index (κ2) is 5.21. The van der Waals surface area contributed by atoms with E-state index in [9.17, 15) is 18.3 Å². The summed E-state index contributed by atoms with van der Waals surface area (Å²) in [6.45, 7) is 5.32. The van der Waals surface area contributed by atoms with Crippen LogP contribution in [0.4, 0.5) is 19.0 Å². The molecule has 0 radical (unpaired) electrons. The van der Waals surface area contributed by atoms with Crippen LogP contribution in [0.15, 0.2) is 12.1 Å². The molecular weight excluding hydrogens is 271 g/mol.